The van der Waals surface area contributed by atoms with Gasteiger partial charge in [-0.3, -0.25) is 0 Å². The number of nitrogens with two attached hydrogens (primary N) is 1. The molecule has 4 nitrogen and oxygen atoms in total. The van der Waals surface area contributed by atoms with Crippen LogP contribution in [0.3, 0.4) is 0 Å². The van der Waals surface area contributed by atoms with E-state index in [1.54, 1.807) is 0 Å². The molecular weight excluding hydrogens is 202 g/mol. The highest BCUT2D eigenvalue weighted by molar-refractivity contribution is 7.91. The Morgan fingerprint density at radius 2 is 1.93 bits per heavy atom. The summed E-state index contributed by atoms with van der Waals surface area (Å²) in [7, 11) is -1.49. The van der Waals surface area contributed by atoms with Crippen molar-refractivity contribution >= 4 is 9.84 Å². The minimum absolute atomic E-state index is 0.0214. The molecule has 1 unspecified atom stereocenters. The molecule has 0 aromatic rings. The van der Waals surface area contributed by atoms with Crippen molar-refractivity contribution in [2.45, 2.75) is 26.3 Å². The van der Waals surface area contributed by atoms with E-state index >= 15 is 0 Å². The largest absolute Gasteiger partial charge is 0.383 e. The van der Waals surface area contributed by atoms with Crippen molar-refractivity contribution in [2.75, 3.05) is 25.2 Å². The van der Waals surface area contributed by atoms with Gasteiger partial charge < -0.3 is 10.5 Å². The summed E-state index contributed by atoms with van der Waals surface area (Å²) in [6, 6.07) is -0.405. The summed E-state index contributed by atoms with van der Waals surface area (Å²) in [5.41, 5.74) is 5.57. The fourth-order valence-corrected chi connectivity index (χ4v) is 2.83. The number of rotatable bonds is 7. The molecule has 0 bridgehead atoms. The van der Waals surface area contributed by atoms with E-state index in [1.165, 1.54) is 7.11 Å². The Kier molecular flexibility index (Phi) is 6.31. The molecule has 0 aliphatic heterocycles. The van der Waals surface area contributed by atoms with Crippen LogP contribution in [-0.4, -0.2) is 39.7 Å². The van der Waals surface area contributed by atoms with Crippen LogP contribution in [0, 0.1) is 5.92 Å². The fourth-order valence-electron chi connectivity index (χ4n) is 1.09. The van der Waals surface area contributed by atoms with Gasteiger partial charge in [0.2, 0.25) is 0 Å². The Balaban J connectivity index is 3.95. The molecule has 0 aliphatic rings. The maximum absolute atomic E-state index is 11.5. The molecule has 2 N–H and O–H groups in total. The predicted molar refractivity (Wildman–Crippen MR) is 58.0 cm³/mol. The normalized spacial score (nSPS) is 14.6. The van der Waals surface area contributed by atoms with E-state index in [0.29, 0.717) is 18.9 Å². The first-order chi connectivity index (χ1) is 6.37. The zero-order valence-electron chi connectivity index (χ0n) is 9.19. The van der Waals surface area contributed by atoms with Gasteiger partial charge in [-0.25, -0.2) is 8.42 Å². The van der Waals surface area contributed by atoms with Crippen LogP contribution in [0.4, 0.5) is 0 Å². The maximum Gasteiger partial charge on any atom is 0.151 e. The third kappa shape index (κ3) is 7.29. The fraction of sp³-hybridized carbons (Fsp3) is 1.00. The van der Waals surface area contributed by atoms with Gasteiger partial charge in [-0.2, -0.15) is 0 Å². The smallest absolute Gasteiger partial charge is 0.151 e. The van der Waals surface area contributed by atoms with Crippen molar-refractivity contribution < 1.29 is 13.2 Å². The van der Waals surface area contributed by atoms with Gasteiger partial charge >= 0.3 is 0 Å². The van der Waals surface area contributed by atoms with Crippen LogP contribution in [0.25, 0.3) is 0 Å². The summed E-state index contributed by atoms with van der Waals surface area (Å²) in [5, 5.41) is 0. The minimum Gasteiger partial charge on any atom is -0.383 e. The highest BCUT2D eigenvalue weighted by Gasteiger charge is 2.16. The third-order valence-corrected chi connectivity index (χ3v) is 3.65. The summed E-state index contributed by atoms with van der Waals surface area (Å²) < 4.78 is 27.8. The lowest BCUT2D eigenvalue weighted by atomic mass is 10.2. The Bertz CT molecular complexity index is 236. The van der Waals surface area contributed by atoms with Crippen molar-refractivity contribution in [3.63, 3.8) is 0 Å². The van der Waals surface area contributed by atoms with E-state index in [2.05, 4.69) is 0 Å². The van der Waals surface area contributed by atoms with Gasteiger partial charge in [0.05, 0.1) is 18.1 Å². The molecular formula is C9H21NO3S. The molecule has 0 saturated carbocycles. The lowest BCUT2D eigenvalue weighted by Gasteiger charge is -2.11. The Morgan fingerprint density at radius 3 is 2.36 bits per heavy atom. The van der Waals surface area contributed by atoms with Crippen LogP contribution >= 0.6 is 0 Å². The number of methoxy groups -OCH3 is 1. The summed E-state index contributed by atoms with van der Waals surface area (Å²) in [5.74, 6) is 0.652. The van der Waals surface area contributed by atoms with Gasteiger partial charge in [0.25, 0.3) is 0 Å². The molecule has 0 aromatic carbocycles. The standard InChI is InChI=1S/C9H21NO3S/c1-8(2)4-5-14(11,12)7-9(10)6-13-3/h8-9H,4-7,10H2,1-3H3. The van der Waals surface area contributed by atoms with E-state index in [0.717, 1.165) is 0 Å². The number of sulfone groups is 1. The average Bonchev–Trinajstić information content (AvgIpc) is 2.00. The molecule has 0 aliphatic carbocycles. The molecule has 0 radical (unpaired) electrons. The van der Waals surface area contributed by atoms with E-state index < -0.39 is 15.9 Å². The maximum atomic E-state index is 11.5. The van der Waals surface area contributed by atoms with Gasteiger partial charge in [-0.15, -0.1) is 0 Å². The molecule has 0 fully saturated rings. The van der Waals surface area contributed by atoms with Crippen LogP contribution in [0.5, 0.6) is 0 Å². The van der Waals surface area contributed by atoms with Crippen LogP contribution in [0.15, 0.2) is 0 Å². The topological polar surface area (TPSA) is 69.4 Å². The SMILES string of the molecule is COCC(N)CS(=O)(=O)CCC(C)C. The molecule has 0 amide bonds. The Labute approximate surface area is 86.7 Å². The second kappa shape index (κ2) is 6.37. The van der Waals surface area contributed by atoms with E-state index in [-0.39, 0.29) is 11.5 Å². The van der Waals surface area contributed by atoms with Crippen molar-refractivity contribution in [3.05, 3.63) is 0 Å². The van der Waals surface area contributed by atoms with Crippen molar-refractivity contribution in [1.29, 1.82) is 0 Å². The van der Waals surface area contributed by atoms with Gasteiger partial charge in [-0.05, 0) is 12.3 Å². The van der Waals surface area contributed by atoms with Crippen molar-refractivity contribution in [1.82, 2.24) is 0 Å². The zero-order chi connectivity index (χ0) is 11.2. The second-order valence-corrected chi connectivity index (χ2v) is 6.24. The quantitative estimate of drug-likeness (QED) is 0.679. The molecule has 5 heteroatoms. The first-order valence-corrected chi connectivity index (χ1v) is 6.64. The molecule has 86 valence electrons. The lowest BCUT2D eigenvalue weighted by Crippen LogP contribution is -2.34. The van der Waals surface area contributed by atoms with Crippen LogP contribution in [0.2, 0.25) is 0 Å². The summed E-state index contributed by atoms with van der Waals surface area (Å²) in [4.78, 5) is 0. The van der Waals surface area contributed by atoms with Crippen LogP contribution in [0.1, 0.15) is 20.3 Å². The number of hydrogen-bond acceptors (Lipinski definition) is 4. The van der Waals surface area contributed by atoms with Crippen molar-refractivity contribution in [2.24, 2.45) is 11.7 Å². The predicted octanol–water partition coefficient (Wildman–Crippen LogP) is 0.421. The molecule has 14 heavy (non-hydrogen) atoms. The van der Waals surface area contributed by atoms with Gasteiger partial charge in [0, 0.05) is 13.2 Å². The zero-order valence-corrected chi connectivity index (χ0v) is 10.0. The van der Waals surface area contributed by atoms with Crippen LogP contribution in [-0.2, 0) is 14.6 Å². The summed E-state index contributed by atoms with van der Waals surface area (Å²) >= 11 is 0. The average molecular weight is 223 g/mol. The molecule has 0 aromatic heterocycles. The van der Waals surface area contributed by atoms with E-state index in [1.807, 2.05) is 13.8 Å². The Morgan fingerprint density at radius 1 is 1.36 bits per heavy atom. The molecule has 0 rings (SSSR count). The highest BCUT2D eigenvalue weighted by atomic mass is 32.2. The van der Waals surface area contributed by atoms with E-state index in [9.17, 15) is 8.42 Å². The summed E-state index contributed by atoms with van der Waals surface area (Å²) in [6.45, 7) is 4.30. The minimum atomic E-state index is -3.00. The summed E-state index contributed by atoms with van der Waals surface area (Å²) in [6.07, 6.45) is 0.696. The lowest BCUT2D eigenvalue weighted by molar-refractivity contribution is 0.186. The monoisotopic (exact) mass is 223 g/mol. The third-order valence-electron chi connectivity index (χ3n) is 1.85. The second-order valence-electron chi connectivity index (χ2n) is 4.01. The number of hydrogen-bond donors (Lipinski definition) is 1. The first kappa shape index (κ1) is 13.9. The molecule has 0 heterocycles. The molecule has 0 spiro atoms. The molecule has 1 atom stereocenters. The van der Waals surface area contributed by atoms with Gasteiger partial charge in [0.1, 0.15) is 0 Å². The Hall–Kier alpha value is -0.130. The number of ether oxygens (including phenoxy) is 1. The first-order valence-electron chi connectivity index (χ1n) is 4.82. The van der Waals surface area contributed by atoms with Gasteiger partial charge in [0.15, 0.2) is 9.84 Å². The van der Waals surface area contributed by atoms with Crippen molar-refractivity contribution in [3.8, 4) is 0 Å². The highest BCUT2D eigenvalue weighted by Crippen LogP contribution is 2.04. The van der Waals surface area contributed by atoms with Gasteiger partial charge in [-0.1, -0.05) is 13.8 Å². The van der Waals surface area contributed by atoms with E-state index in [4.69, 9.17) is 10.5 Å². The molecule has 0 saturated heterocycles. The van der Waals surface area contributed by atoms with Crippen LogP contribution < -0.4 is 5.73 Å².